The van der Waals surface area contributed by atoms with Gasteiger partial charge in [-0.1, -0.05) is 48.6 Å². The van der Waals surface area contributed by atoms with Crippen LogP contribution in [0.5, 0.6) is 0 Å². The summed E-state index contributed by atoms with van der Waals surface area (Å²) in [5, 5.41) is 11.4. The zero-order valence-corrected chi connectivity index (χ0v) is 13.4. The third-order valence-corrected chi connectivity index (χ3v) is 3.33. The lowest BCUT2D eigenvalue weighted by molar-refractivity contribution is 0.0692. The molecule has 0 atom stereocenters. The summed E-state index contributed by atoms with van der Waals surface area (Å²) >= 11 is 0. The molecule has 0 aliphatic rings. The SMILES string of the molecule is O=C(NCCC=Cc1ccc(C(=O)O)c(F)c1)OCc1ccccc1. The summed E-state index contributed by atoms with van der Waals surface area (Å²) in [6.07, 6.45) is 3.44. The van der Waals surface area contributed by atoms with Gasteiger partial charge in [-0.25, -0.2) is 14.0 Å². The van der Waals surface area contributed by atoms with E-state index < -0.39 is 17.9 Å². The fourth-order valence-corrected chi connectivity index (χ4v) is 2.06. The van der Waals surface area contributed by atoms with E-state index in [1.165, 1.54) is 12.1 Å². The van der Waals surface area contributed by atoms with Gasteiger partial charge in [-0.3, -0.25) is 0 Å². The number of hydrogen-bond acceptors (Lipinski definition) is 3. The Hall–Kier alpha value is -3.15. The van der Waals surface area contributed by atoms with Crippen LogP contribution in [0.2, 0.25) is 0 Å². The summed E-state index contributed by atoms with van der Waals surface area (Å²) in [6, 6.07) is 13.2. The van der Waals surface area contributed by atoms with E-state index in [-0.39, 0.29) is 12.2 Å². The Bertz CT molecular complexity index is 759. The normalized spacial score (nSPS) is 10.6. The minimum Gasteiger partial charge on any atom is -0.478 e. The molecule has 5 nitrogen and oxygen atoms in total. The van der Waals surface area contributed by atoms with Crippen molar-refractivity contribution in [3.8, 4) is 0 Å². The molecule has 25 heavy (non-hydrogen) atoms. The molecule has 0 saturated heterocycles. The maximum absolute atomic E-state index is 13.5. The Balaban J connectivity index is 1.70. The molecule has 2 aromatic rings. The predicted molar refractivity (Wildman–Crippen MR) is 91.6 cm³/mol. The Kier molecular flexibility index (Phi) is 6.71. The van der Waals surface area contributed by atoms with Crippen molar-refractivity contribution in [3.63, 3.8) is 0 Å². The van der Waals surface area contributed by atoms with E-state index in [1.54, 1.807) is 12.2 Å². The van der Waals surface area contributed by atoms with Crippen LogP contribution in [0.3, 0.4) is 0 Å². The second kappa shape index (κ2) is 9.22. The van der Waals surface area contributed by atoms with E-state index in [2.05, 4.69) is 5.32 Å². The number of nitrogens with one attached hydrogen (secondary N) is 1. The molecule has 0 bridgehead atoms. The van der Waals surface area contributed by atoms with E-state index in [1.807, 2.05) is 30.3 Å². The number of carboxylic acids is 1. The highest BCUT2D eigenvalue weighted by Gasteiger charge is 2.09. The number of aromatic carboxylic acids is 1. The number of carbonyl (C=O) groups excluding carboxylic acids is 1. The van der Waals surface area contributed by atoms with Crippen molar-refractivity contribution in [1.29, 1.82) is 0 Å². The molecule has 0 heterocycles. The molecular weight excluding hydrogens is 325 g/mol. The van der Waals surface area contributed by atoms with E-state index in [0.29, 0.717) is 18.5 Å². The van der Waals surface area contributed by atoms with Gasteiger partial charge in [0.05, 0.1) is 5.56 Å². The molecule has 2 N–H and O–H groups in total. The van der Waals surface area contributed by atoms with Gasteiger partial charge >= 0.3 is 12.1 Å². The second-order valence-corrected chi connectivity index (χ2v) is 5.22. The lowest BCUT2D eigenvalue weighted by atomic mass is 10.1. The summed E-state index contributed by atoms with van der Waals surface area (Å²) in [5.74, 6) is -2.08. The molecule has 0 aromatic heterocycles. The largest absolute Gasteiger partial charge is 0.478 e. The summed E-state index contributed by atoms with van der Waals surface area (Å²) in [5.41, 5.74) is 1.10. The first-order chi connectivity index (χ1) is 12.1. The summed E-state index contributed by atoms with van der Waals surface area (Å²) in [4.78, 5) is 22.3. The molecule has 1 amide bonds. The molecule has 0 fully saturated rings. The quantitative estimate of drug-likeness (QED) is 0.749. The Morgan fingerprint density at radius 2 is 1.92 bits per heavy atom. The number of carbonyl (C=O) groups is 2. The number of benzene rings is 2. The Morgan fingerprint density at radius 1 is 1.16 bits per heavy atom. The first-order valence-corrected chi connectivity index (χ1v) is 7.70. The zero-order chi connectivity index (χ0) is 18.1. The standard InChI is InChI=1S/C19H18FNO4/c20-17-12-14(9-10-16(17)18(22)23)6-4-5-11-21-19(24)25-13-15-7-2-1-3-8-15/h1-4,6-10,12H,5,11,13H2,(H,21,24)(H,22,23). The average Bonchev–Trinajstić information content (AvgIpc) is 2.60. The summed E-state index contributed by atoms with van der Waals surface area (Å²) in [7, 11) is 0. The van der Waals surface area contributed by atoms with Crippen molar-refractivity contribution >= 4 is 18.1 Å². The molecule has 130 valence electrons. The maximum atomic E-state index is 13.5. The topological polar surface area (TPSA) is 75.6 Å². The minimum atomic E-state index is -1.30. The molecule has 0 aliphatic heterocycles. The highest BCUT2D eigenvalue weighted by Crippen LogP contribution is 2.12. The Morgan fingerprint density at radius 3 is 2.60 bits per heavy atom. The number of amides is 1. The van der Waals surface area contributed by atoms with Gasteiger partial charge in [0.15, 0.2) is 0 Å². The van der Waals surface area contributed by atoms with Crippen molar-refractivity contribution in [2.75, 3.05) is 6.54 Å². The van der Waals surface area contributed by atoms with Crippen molar-refractivity contribution in [2.24, 2.45) is 0 Å². The summed E-state index contributed by atoms with van der Waals surface area (Å²) < 4.78 is 18.6. The molecule has 0 aliphatic carbocycles. The lowest BCUT2D eigenvalue weighted by Crippen LogP contribution is -2.24. The van der Waals surface area contributed by atoms with Crippen LogP contribution in [-0.4, -0.2) is 23.7 Å². The van der Waals surface area contributed by atoms with Crippen molar-refractivity contribution in [1.82, 2.24) is 5.32 Å². The van der Waals surface area contributed by atoms with Gasteiger partial charge in [0.1, 0.15) is 12.4 Å². The van der Waals surface area contributed by atoms with E-state index in [9.17, 15) is 14.0 Å². The van der Waals surface area contributed by atoms with Crippen LogP contribution >= 0.6 is 0 Å². The van der Waals surface area contributed by atoms with Gasteiger partial charge in [-0.05, 0) is 29.7 Å². The van der Waals surface area contributed by atoms with E-state index in [0.717, 1.165) is 11.6 Å². The highest BCUT2D eigenvalue weighted by atomic mass is 19.1. The van der Waals surface area contributed by atoms with Gasteiger partial charge < -0.3 is 15.2 Å². The van der Waals surface area contributed by atoms with Crippen LogP contribution in [0.4, 0.5) is 9.18 Å². The van der Waals surface area contributed by atoms with Crippen molar-refractivity contribution < 1.29 is 23.8 Å². The van der Waals surface area contributed by atoms with Gasteiger partial charge in [-0.2, -0.15) is 0 Å². The van der Waals surface area contributed by atoms with Crippen LogP contribution in [0.25, 0.3) is 6.08 Å². The van der Waals surface area contributed by atoms with Gasteiger partial charge in [0.25, 0.3) is 0 Å². The fraction of sp³-hybridized carbons (Fsp3) is 0.158. The fourth-order valence-electron chi connectivity index (χ4n) is 2.06. The van der Waals surface area contributed by atoms with Gasteiger partial charge in [-0.15, -0.1) is 0 Å². The number of rotatable bonds is 7. The van der Waals surface area contributed by atoms with Crippen LogP contribution in [-0.2, 0) is 11.3 Å². The third-order valence-electron chi connectivity index (χ3n) is 3.33. The van der Waals surface area contributed by atoms with Crippen LogP contribution in [0.15, 0.2) is 54.6 Å². The lowest BCUT2D eigenvalue weighted by Gasteiger charge is -2.05. The number of alkyl carbamates (subject to hydrolysis) is 1. The summed E-state index contributed by atoms with van der Waals surface area (Å²) in [6.45, 7) is 0.581. The van der Waals surface area contributed by atoms with Crippen LogP contribution < -0.4 is 5.32 Å². The van der Waals surface area contributed by atoms with E-state index >= 15 is 0 Å². The minimum absolute atomic E-state index is 0.206. The second-order valence-electron chi connectivity index (χ2n) is 5.22. The van der Waals surface area contributed by atoms with Gasteiger partial charge in [0, 0.05) is 6.54 Å². The molecule has 6 heteroatoms. The van der Waals surface area contributed by atoms with Crippen LogP contribution in [0, 0.1) is 5.82 Å². The predicted octanol–water partition coefficient (Wildman–Crippen LogP) is 3.85. The maximum Gasteiger partial charge on any atom is 0.407 e. The van der Waals surface area contributed by atoms with Crippen LogP contribution in [0.1, 0.15) is 27.9 Å². The molecule has 0 unspecified atom stereocenters. The molecule has 0 spiro atoms. The van der Waals surface area contributed by atoms with Crippen molar-refractivity contribution in [3.05, 3.63) is 77.1 Å². The molecular formula is C19H18FNO4. The Labute approximate surface area is 144 Å². The first-order valence-electron chi connectivity index (χ1n) is 7.70. The van der Waals surface area contributed by atoms with E-state index in [4.69, 9.17) is 9.84 Å². The average molecular weight is 343 g/mol. The molecule has 0 radical (unpaired) electrons. The van der Waals surface area contributed by atoms with Gasteiger partial charge in [0.2, 0.25) is 0 Å². The highest BCUT2D eigenvalue weighted by molar-refractivity contribution is 5.88. The smallest absolute Gasteiger partial charge is 0.407 e. The molecule has 2 aromatic carbocycles. The molecule has 2 rings (SSSR count). The number of carboxylic acid groups (broad SMARTS) is 1. The monoisotopic (exact) mass is 343 g/mol. The first kappa shape index (κ1) is 18.2. The number of halogens is 1. The van der Waals surface area contributed by atoms with Crippen molar-refractivity contribution in [2.45, 2.75) is 13.0 Å². The third kappa shape index (κ3) is 6.10. The zero-order valence-electron chi connectivity index (χ0n) is 13.4. The number of hydrogen-bond donors (Lipinski definition) is 2. The number of ether oxygens (including phenoxy) is 1. The molecule has 0 saturated carbocycles.